The minimum absolute atomic E-state index is 0.0150. The van der Waals surface area contributed by atoms with E-state index in [0.29, 0.717) is 17.7 Å². The van der Waals surface area contributed by atoms with Crippen LogP contribution in [0.1, 0.15) is 29.3 Å². The Kier molecular flexibility index (Phi) is 2.79. The van der Waals surface area contributed by atoms with Gasteiger partial charge in [0.25, 0.3) is 11.7 Å². The Labute approximate surface area is 99.2 Å². The van der Waals surface area contributed by atoms with Crippen LogP contribution in [0.15, 0.2) is 18.2 Å². The smallest absolute Gasteiger partial charge is 0.298 e. The van der Waals surface area contributed by atoms with E-state index in [1.54, 1.807) is 19.1 Å². The van der Waals surface area contributed by atoms with E-state index in [2.05, 4.69) is 0 Å². The number of carbonyl (C=O) groups excluding carboxylic acids is 3. The van der Waals surface area contributed by atoms with Crippen molar-refractivity contribution in [3.05, 3.63) is 29.3 Å². The number of rotatable bonds is 3. The summed E-state index contributed by atoms with van der Waals surface area (Å²) in [4.78, 5) is 36.2. The molecule has 1 aromatic rings. The van der Waals surface area contributed by atoms with Gasteiger partial charge in [0.1, 0.15) is 0 Å². The van der Waals surface area contributed by atoms with Gasteiger partial charge in [0.2, 0.25) is 0 Å². The molecule has 0 unspecified atom stereocenters. The molecule has 1 aliphatic heterocycles. The molecule has 1 aliphatic rings. The number of nitrogens with zero attached hydrogens (tertiary/aromatic N) is 1. The molecular weight excluding hydrogens is 218 g/mol. The van der Waals surface area contributed by atoms with E-state index in [4.69, 9.17) is 0 Å². The van der Waals surface area contributed by atoms with Gasteiger partial charge in [-0.3, -0.25) is 19.3 Å². The van der Waals surface area contributed by atoms with Gasteiger partial charge in [-0.25, -0.2) is 0 Å². The maximum absolute atomic E-state index is 11.8. The number of aryl methyl sites for hydroxylation is 1. The van der Waals surface area contributed by atoms with E-state index in [1.165, 1.54) is 4.90 Å². The van der Waals surface area contributed by atoms with Crippen molar-refractivity contribution in [2.75, 3.05) is 11.4 Å². The van der Waals surface area contributed by atoms with Crippen LogP contribution in [0.5, 0.6) is 0 Å². The zero-order chi connectivity index (χ0) is 12.6. The summed E-state index contributed by atoms with van der Waals surface area (Å²) < 4.78 is 0. The number of benzene rings is 1. The molecule has 1 heterocycles. The standard InChI is InChI=1S/C13H13NO3/c1-3-9(15)7-14-11-8(2)5-4-6-10(11)12(16)13(14)17/h4-6H,3,7H2,1-2H3. The second-order valence-electron chi connectivity index (χ2n) is 4.08. The number of anilines is 1. The second kappa shape index (κ2) is 4.13. The first-order valence-electron chi connectivity index (χ1n) is 5.53. The molecule has 0 bridgehead atoms. The third-order valence-electron chi connectivity index (χ3n) is 2.92. The lowest BCUT2D eigenvalue weighted by molar-refractivity contribution is -0.120. The Morgan fingerprint density at radius 1 is 1.29 bits per heavy atom. The first-order valence-corrected chi connectivity index (χ1v) is 5.53. The molecule has 2 rings (SSSR count). The third-order valence-corrected chi connectivity index (χ3v) is 2.92. The number of carbonyl (C=O) groups is 3. The van der Waals surface area contributed by atoms with Gasteiger partial charge in [0, 0.05) is 6.42 Å². The quantitative estimate of drug-likeness (QED) is 0.741. The highest BCUT2D eigenvalue weighted by Gasteiger charge is 2.37. The molecule has 0 saturated carbocycles. The molecule has 0 aromatic heterocycles. The van der Waals surface area contributed by atoms with E-state index in [1.807, 2.05) is 13.0 Å². The molecule has 0 N–H and O–H groups in total. The summed E-state index contributed by atoms with van der Waals surface area (Å²) in [7, 11) is 0. The fourth-order valence-electron chi connectivity index (χ4n) is 1.98. The molecule has 0 aliphatic carbocycles. The molecule has 1 amide bonds. The van der Waals surface area contributed by atoms with Crippen molar-refractivity contribution in [1.29, 1.82) is 0 Å². The minimum Gasteiger partial charge on any atom is -0.298 e. The molecule has 0 fully saturated rings. The van der Waals surface area contributed by atoms with Crippen LogP contribution in [0.4, 0.5) is 5.69 Å². The molecule has 4 heteroatoms. The number of para-hydroxylation sites is 1. The maximum Gasteiger partial charge on any atom is 0.299 e. The number of hydrogen-bond donors (Lipinski definition) is 0. The normalized spacial score (nSPS) is 14.1. The van der Waals surface area contributed by atoms with Gasteiger partial charge in [0.15, 0.2) is 5.78 Å². The average molecular weight is 231 g/mol. The van der Waals surface area contributed by atoms with E-state index in [9.17, 15) is 14.4 Å². The summed E-state index contributed by atoms with van der Waals surface area (Å²) in [6, 6.07) is 5.19. The first-order chi connectivity index (χ1) is 8.06. The fourth-order valence-corrected chi connectivity index (χ4v) is 1.98. The average Bonchev–Trinajstić information content (AvgIpc) is 2.56. The van der Waals surface area contributed by atoms with Crippen LogP contribution in [0.3, 0.4) is 0 Å². The highest BCUT2D eigenvalue weighted by Crippen LogP contribution is 2.31. The van der Waals surface area contributed by atoms with Crippen LogP contribution in [-0.4, -0.2) is 24.0 Å². The molecule has 0 atom stereocenters. The number of fused-ring (bicyclic) bond motifs is 1. The number of amides is 1. The first kappa shape index (κ1) is 11.5. The van der Waals surface area contributed by atoms with Gasteiger partial charge in [-0.15, -0.1) is 0 Å². The molecule has 17 heavy (non-hydrogen) atoms. The summed E-state index contributed by atoms with van der Waals surface area (Å²) in [6.45, 7) is 3.55. The van der Waals surface area contributed by atoms with Crippen molar-refractivity contribution in [1.82, 2.24) is 0 Å². The van der Waals surface area contributed by atoms with Crippen LogP contribution in [0, 0.1) is 6.92 Å². The van der Waals surface area contributed by atoms with E-state index in [0.717, 1.165) is 5.56 Å². The van der Waals surface area contributed by atoms with Gasteiger partial charge in [-0.1, -0.05) is 19.1 Å². The largest absolute Gasteiger partial charge is 0.299 e. The highest BCUT2D eigenvalue weighted by molar-refractivity contribution is 6.52. The molecule has 0 radical (unpaired) electrons. The monoisotopic (exact) mass is 231 g/mol. The van der Waals surface area contributed by atoms with Crippen LogP contribution in [-0.2, 0) is 9.59 Å². The Bertz CT molecular complexity index is 519. The van der Waals surface area contributed by atoms with Gasteiger partial charge in [-0.2, -0.15) is 0 Å². The Hall–Kier alpha value is -1.97. The minimum atomic E-state index is -0.601. The van der Waals surface area contributed by atoms with Crippen molar-refractivity contribution >= 4 is 23.2 Å². The van der Waals surface area contributed by atoms with Crippen molar-refractivity contribution in [3.8, 4) is 0 Å². The van der Waals surface area contributed by atoms with Gasteiger partial charge in [0.05, 0.1) is 17.8 Å². The van der Waals surface area contributed by atoms with Crippen LogP contribution in [0.2, 0.25) is 0 Å². The summed E-state index contributed by atoms with van der Waals surface area (Å²) >= 11 is 0. The van der Waals surface area contributed by atoms with E-state index >= 15 is 0 Å². The third kappa shape index (κ3) is 1.75. The van der Waals surface area contributed by atoms with Gasteiger partial charge >= 0.3 is 0 Å². The maximum atomic E-state index is 11.8. The van der Waals surface area contributed by atoms with Gasteiger partial charge in [-0.05, 0) is 18.6 Å². The lowest BCUT2D eigenvalue weighted by Gasteiger charge is -2.16. The SMILES string of the molecule is CCC(=O)CN1C(=O)C(=O)c2cccc(C)c21. The Balaban J connectivity index is 2.47. The van der Waals surface area contributed by atoms with Crippen molar-refractivity contribution in [2.45, 2.75) is 20.3 Å². The zero-order valence-corrected chi connectivity index (χ0v) is 9.82. The van der Waals surface area contributed by atoms with Crippen molar-refractivity contribution < 1.29 is 14.4 Å². The summed E-state index contributed by atoms with van der Waals surface area (Å²) in [5, 5.41) is 0. The summed E-state index contributed by atoms with van der Waals surface area (Å²) in [6.07, 6.45) is 0.360. The molecule has 88 valence electrons. The predicted octanol–water partition coefficient (Wildman–Crippen LogP) is 1.50. The van der Waals surface area contributed by atoms with E-state index in [-0.39, 0.29) is 12.3 Å². The lowest BCUT2D eigenvalue weighted by atomic mass is 10.1. The highest BCUT2D eigenvalue weighted by atomic mass is 16.2. The molecule has 1 aromatic carbocycles. The van der Waals surface area contributed by atoms with Crippen LogP contribution < -0.4 is 4.90 Å². The Morgan fingerprint density at radius 2 is 2.00 bits per heavy atom. The number of ketones is 2. The molecular formula is C13H13NO3. The number of Topliss-reactive ketones (excluding diaryl/α,β-unsaturated/α-hetero) is 2. The second-order valence-corrected chi connectivity index (χ2v) is 4.08. The van der Waals surface area contributed by atoms with Gasteiger partial charge < -0.3 is 0 Å². The fraction of sp³-hybridized carbons (Fsp3) is 0.308. The summed E-state index contributed by atoms with van der Waals surface area (Å²) in [5.74, 6) is -1.18. The summed E-state index contributed by atoms with van der Waals surface area (Å²) in [5.41, 5.74) is 1.83. The van der Waals surface area contributed by atoms with Crippen LogP contribution >= 0.6 is 0 Å². The molecule has 0 saturated heterocycles. The van der Waals surface area contributed by atoms with Crippen LogP contribution in [0.25, 0.3) is 0 Å². The zero-order valence-electron chi connectivity index (χ0n) is 9.82. The topological polar surface area (TPSA) is 54.5 Å². The van der Waals surface area contributed by atoms with Crippen molar-refractivity contribution in [3.63, 3.8) is 0 Å². The number of hydrogen-bond acceptors (Lipinski definition) is 3. The van der Waals surface area contributed by atoms with Crippen molar-refractivity contribution in [2.24, 2.45) is 0 Å². The lowest BCUT2D eigenvalue weighted by Crippen LogP contribution is -2.34. The van der Waals surface area contributed by atoms with E-state index < -0.39 is 11.7 Å². The molecule has 0 spiro atoms. The predicted molar refractivity (Wildman–Crippen MR) is 63.2 cm³/mol. The Morgan fingerprint density at radius 3 is 2.65 bits per heavy atom. The molecule has 4 nitrogen and oxygen atoms in total.